The molecule has 6 heteroatoms. The number of thiophene rings is 1. The lowest BCUT2D eigenvalue weighted by molar-refractivity contribution is -0.142. The zero-order valence-corrected chi connectivity index (χ0v) is 11.0. The molecule has 2 aromatic rings. The second-order valence-electron chi connectivity index (χ2n) is 4.76. The van der Waals surface area contributed by atoms with Crippen LogP contribution in [0.25, 0.3) is 10.1 Å². The van der Waals surface area contributed by atoms with Gasteiger partial charge in [0.05, 0.1) is 11.0 Å². The molecule has 1 N–H and O–H groups in total. The highest BCUT2D eigenvalue weighted by atomic mass is 32.1. The molecule has 0 aliphatic carbocycles. The van der Waals surface area contributed by atoms with Crippen molar-refractivity contribution in [3.63, 3.8) is 0 Å². The summed E-state index contributed by atoms with van der Waals surface area (Å²) < 4.78 is 39.5. The Morgan fingerprint density at radius 2 is 1.84 bits per heavy atom. The molecule has 1 aromatic heterocycles. The van der Waals surface area contributed by atoms with Gasteiger partial charge in [-0.1, -0.05) is 6.07 Å². The van der Waals surface area contributed by atoms with Gasteiger partial charge in [0.15, 0.2) is 0 Å². The molecule has 0 saturated heterocycles. The van der Waals surface area contributed by atoms with E-state index in [0.717, 1.165) is 17.4 Å². The summed E-state index contributed by atoms with van der Waals surface area (Å²) in [5.41, 5.74) is -1.94. The maximum Gasteiger partial charge on any atom is 0.417 e. The number of carbonyl (C=O) groups is 1. The summed E-state index contributed by atoms with van der Waals surface area (Å²) in [5.74, 6) is -1.15. The Morgan fingerprint density at radius 1 is 1.21 bits per heavy atom. The Bertz CT molecular complexity index is 641. The fraction of sp³-hybridized carbons (Fsp3) is 0.308. The lowest BCUT2D eigenvalue weighted by atomic mass is 9.83. The number of carboxylic acids is 1. The molecule has 0 fully saturated rings. The quantitative estimate of drug-likeness (QED) is 0.895. The van der Waals surface area contributed by atoms with Crippen LogP contribution in [-0.2, 0) is 16.4 Å². The first kappa shape index (κ1) is 13.9. The fourth-order valence-electron chi connectivity index (χ4n) is 1.90. The Labute approximate surface area is 111 Å². The van der Waals surface area contributed by atoms with Crippen molar-refractivity contribution in [3.8, 4) is 0 Å². The van der Waals surface area contributed by atoms with Crippen LogP contribution >= 0.6 is 11.3 Å². The SMILES string of the molecule is CC(C)(C(=O)O)c1csc2cccc(C(F)(F)F)c12. The summed E-state index contributed by atoms with van der Waals surface area (Å²) in [7, 11) is 0. The summed E-state index contributed by atoms with van der Waals surface area (Å²) in [6, 6.07) is 3.88. The lowest BCUT2D eigenvalue weighted by Crippen LogP contribution is -2.28. The topological polar surface area (TPSA) is 37.3 Å². The predicted octanol–water partition coefficient (Wildman–Crippen LogP) is 4.28. The number of alkyl halides is 3. The number of rotatable bonds is 2. The third-order valence-corrected chi connectivity index (χ3v) is 4.06. The van der Waals surface area contributed by atoms with E-state index in [-0.39, 0.29) is 10.9 Å². The van der Waals surface area contributed by atoms with Crippen molar-refractivity contribution in [2.45, 2.75) is 25.4 Å². The standard InChI is InChI=1S/C13H11F3O2S/c1-12(2,11(17)18)8-6-19-9-5-3-4-7(10(8)9)13(14,15)16/h3-6H,1-2H3,(H,17,18). The Balaban J connectivity index is 2.82. The van der Waals surface area contributed by atoms with Gasteiger partial charge in [-0.05, 0) is 36.9 Å². The summed E-state index contributed by atoms with van der Waals surface area (Å²) in [6.45, 7) is 2.81. The minimum Gasteiger partial charge on any atom is -0.481 e. The van der Waals surface area contributed by atoms with Crippen molar-refractivity contribution >= 4 is 27.4 Å². The molecule has 1 heterocycles. The van der Waals surface area contributed by atoms with Crippen LogP contribution in [0.2, 0.25) is 0 Å². The molecule has 0 bridgehead atoms. The average Bonchev–Trinajstić information content (AvgIpc) is 2.70. The molecule has 1 aromatic carbocycles. The van der Waals surface area contributed by atoms with E-state index in [9.17, 15) is 23.1 Å². The van der Waals surface area contributed by atoms with E-state index in [0.29, 0.717) is 4.70 Å². The van der Waals surface area contributed by atoms with Crippen molar-refractivity contribution < 1.29 is 23.1 Å². The van der Waals surface area contributed by atoms with Gasteiger partial charge in [0.25, 0.3) is 0 Å². The van der Waals surface area contributed by atoms with Gasteiger partial charge in [0, 0.05) is 10.1 Å². The van der Waals surface area contributed by atoms with Crippen molar-refractivity contribution in [1.82, 2.24) is 0 Å². The second kappa shape index (κ2) is 4.23. The molecule has 0 radical (unpaired) electrons. The molecule has 19 heavy (non-hydrogen) atoms. The first-order valence-corrected chi connectivity index (χ1v) is 6.35. The van der Waals surface area contributed by atoms with Crippen molar-refractivity contribution in [1.29, 1.82) is 0 Å². The van der Waals surface area contributed by atoms with Crippen molar-refractivity contribution in [2.75, 3.05) is 0 Å². The first-order chi connectivity index (χ1) is 8.65. The van der Waals surface area contributed by atoms with Crippen LogP contribution in [0, 0.1) is 0 Å². The minimum absolute atomic E-state index is 0.00704. The van der Waals surface area contributed by atoms with Crippen LogP contribution in [0.1, 0.15) is 25.0 Å². The van der Waals surface area contributed by atoms with E-state index >= 15 is 0 Å². The van der Waals surface area contributed by atoms with Gasteiger partial charge < -0.3 is 5.11 Å². The zero-order valence-electron chi connectivity index (χ0n) is 10.2. The van der Waals surface area contributed by atoms with Crippen LogP contribution < -0.4 is 0 Å². The molecule has 0 unspecified atom stereocenters. The van der Waals surface area contributed by atoms with Crippen LogP contribution in [0.4, 0.5) is 13.2 Å². The monoisotopic (exact) mass is 288 g/mol. The normalized spacial score (nSPS) is 12.9. The molecular formula is C13H11F3O2S. The minimum atomic E-state index is -4.50. The second-order valence-corrected chi connectivity index (χ2v) is 5.67. The third kappa shape index (κ3) is 2.20. The van der Waals surface area contributed by atoms with Crippen molar-refractivity contribution in [3.05, 3.63) is 34.7 Å². The number of benzene rings is 1. The molecule has 0 amide bonds. The van der Waals surface area contributed by atoms with Gasteiger partial charge in [0.1, 0.15) is 0 Å². The van der Waals surface area contributed by atoms with Gasteiger partial charge in [-0.15, -0.1) is 11.3 Å². The van der Waals surface area contributed by atoms with E-state index < -0.39 is 23.1 Å². The number of aliphatic carboxylic acids is 1. The van der Waals surface area contributed by atoms with Gasteiger partial charge in [-0.25, -0.2) is 0 Å². The van der Waals surface area contributed by atoms with Crippen LogP contribution in [-0.4, -0.2) is 11.1 Å². The summed E-state index contributed by atoms with van der Waals surface area (Å²) in [6.07, 6.45) is -4.50. The van der Waals surface area contributed by atoms with E-state index in [1.54, 1.807) is 6.07 Å². The number of hydrogen-bond acceptors (Lipinski definition) is 2. The number of fused-ring (bicyclic) bond motifs is 1. The zero-order chi connectivity index (χ0) is 14.4. The molecule has 0 saturated carbocycles. The first-order valence-electron chi connectivity index (χ1n) is 5.47. The maximum absolute atomic E-state index is 13.0. The molecule has 0 aliphatic rings. The number of halogens is 3. The molecular weight excluding hydrogens is 277 g/mol. The van der Waals surface area contributed by atoms with E-state index in [1.165, 1.54) is 25.3 Å². The molecule has 0 atom stereocenters. The Morgan fingerprint density at radius 3 is 2.37 bits per heavy atom. The highest BCUT2D eigenvalue weighted by Crippen LogP contribution is 2.42. The van der Waals surface area contributed by atoms with Gasteiger partial charge in [0.2, 0.25) is 0 Å². The third-order valence-electron chi connectivity index (χ3n) is 3.11. The van der Waals surface area contributed by atoms with Crippen LogP contribution in [0.5, 0.6) is 0 Å². The van der Waals surface area contributed by atoms with Gasteiger partial charge in [-0.3, -0.25) is 4.79 Å². The van der Waals surface area contributed by atoms with Gasteiger partial charge in [-0.2, -0.15) is 13.2 Å². The highest BCUT2D eigenvalue weighted by Gasteiger charge is 2.38. The van der Waals surface area contributed by atoms with Gasteiger partial charge >= 0.3 is 12.1 Å². The van der Waals surface area contributed by atoms with E-state index in [2.05, 4.69) is 0 Å². The van der Waals surface area contributed by atoms with Crippen LogP contribution in [0.15, 0.2) is 23.6 Å². The van der Waals surface area contributed by atoms with Crippen molar-refractivity contribution in [2.24, 2.45) is 0 Å². The number of hydrogen-bond donors (Lipinski definition) is 1. The average molecular weight is 288 g/mol. The molecule has 2 nitrogen and oxygen atoms in total. The molecule has 0 spiro atoms. The van der Waals surface area contributed by atoms with Crippen LogP contribution in [0.3, 0.4) is 0 Å². The predicted molar refractivity (Wildman–Crippen MR) is 67.5 cm³/mol. The summed E-state index contributed by atoms with van der Waals surface area (Å²) in [4.78, 5) is 11.2. The molecule has 0 aliphatic heterocycles. The molecule has 2 rings (SSSR count). The van der Waals surface area contributed by atoms with E-state index in [1.807, 2.05) is 0 Å². The van der Waals surface area contributed by atoms with E-state index in [4.69, 9.17) is 0 Å². The highest BCUT2D eigenvalue weighted by molar-refractivity contribution is 7.17. The largest absolute Gasteiger partial charge is 0.481 e. The summed E-state index contributed by atoms with van der Waals surface area (Å²) in [5, 5.41) is 10.7. The number of carboxylic acid groups (broad SMARTS) is 1. The molecule has 102 valence electrons. The fourth-order valence-corrected chi connectivity index (χ4v) is 3.05. The summed E-state index contributed by atoms with van der Waals surface area (Å²) >= 11 is 1.13. The smallest absolute Gasteiger partial charge is 0.417 e. The maximum atomic E-state index is 13.0. The Hall–Kier alpha value is -1.56. The lowest BCUT2D eigenvalue weighted by Gasteiger charge is -2.20. The Kier molecular flexibility index (Phi) is 3.09.